The van der Waals surface area contributed by atoms with Crippen LogP contribution in [-0.2, 0) is 6.54 Å². The zero-order valence-corrected chi connectivity index (χ0v) is 9.08. The van der Waals surface area contributed by atoms with Gasteiger partial charge in [0.25, 0.3) is 0 Å². The lowest BCUT2D eigenvalue weighted by Crippen LogP contribution is -2.00. The molecule has 2 N–H and O–H groups in total. The summed E-state index contributed by atoms with van der Waals surface area (Å²) in [5, 5.41) is 0.252. The van der Waals surface area contributed by atoms with Crippen molar-refractivity contribution in [3.05, 3.63) is 47.3 Å². The van der Waals surface area contributed by atoms with Gasteiger partial charge < -0.3 is 5.73 Å². The normalized spacial score (nSPS) is 10.4. The van der Waals surface area contributed by atoms with Gasteiger partial charge in [0, 0.05) is 24.5 Å². The molecular formula is C11H9ClFN3. The fraction of sp³-hybridized carbons (Fsp3) is 0.0909. The lowest BCUT2D eigenvalue weighted by Gasteiger charge is -2.08. The van der Waals surface area contributed by atoms with Crippen LogP contribution in [0.1, 0.15) is 5.56 Å². The standard InChI is InChI=1S/C11H9ClFN3/c12-11-10(3-8(13)6-16-11)9-1-2-15-5-7(9)4-14/h1-3,5-6H,4,14H2. The van der Waals surface area contributed by atoms with E-state index in [0.717, 1.165) is 17.3 Å². The molecule has 2 aromatic rings. The van der Waals surface area contributed by atoms with Crippen LogP contribution in [-0.4, -0.2) is 9.97 Å². The predicted molar refractivity (Wildman–Crippen MR) is 60.3 cm³/mol. The minimum atomic E-state index is -0.431. The average molecular weight is 238 g/mol. The van der Waals surface area contributed by atoms with Crippen LogP contribution in [0.4, 0.5) is 4.39 Å². The Kier molecular flexibility index (Phi) is 3.12. The first kappa shape index (κ1) is 11.0. The smallest absolute Gasteiger partial charge is 0.142 e. The number of nitrogens with two attached hydrogens (primary N) is 1. The van der Waals surface area contributed by atoms with Gasteiger partial charge in [0.15, 0.2) is 0 Å². The van der Waals surface area contributed by atoms with Gasteiger partial charge in [-0.3, -0.25) is 4.98 Å². The summed E-state index contributed by atoms with van der Waals surface area (Å²) in [4.78, 5) is 7.72. The van der Waals surface area contributed by atoms with E-state index in [-0.39, 0.29) is 5.15 Å². The zero-order chi connectivity index (χ0) is 11.5. The summed E-state index contributed by atoms with van der Waals surface area (Å²) in [6.45, 7) is 0.315. The van der Waals surface area contributed by atoms with E-state index in [1.54, 1.807) is 18.5 Å². The number of hydrogen-bond donors (Lipinski definition) is 1. The molecule has 0 bridgehead atoms. The van der Waals surface area contributed by atoms with Crippen LogP contribution in [0.25, 0.3) is 11.1 Å². The molecule has 0 aromatic carbocycles. The van der Waals surface area contributed by atoms with Crippen molar-refractivity contribution in [3.8, 4) is 11.1 Å². The van der Waals surface area contributed by atoms with Gasteiger partial charge in [0.1, 0.15) is 11.0 Å². The molecule has 0 fully saturated rings. The molecule has 0 unspecified atom stereocenters. The summed E-state index contributed by atoms with van der Waals surface area (Å²) in [6.07, 6.45) is 4.32. The SMILES string of the molecule is NCc1cnccc1-c1cc(F)cnc1Cl. The van der Waals surface area contributed by atoms with Crippen LogP contribution >= 0.6 is 11.6 Å². The Hall–Kier alpha value is -1.52. The molecule has 0 radical (unpaired) electrons. The molecule has 0 amide bonds. The Morgan fingerprint density at radius 1 is 1.31 bits per heavy atom. The molecule has 0 saturated heterocycles. The Morgan fingerprint density at radius 2 is 2.12 bits per heavy atom. The van der Waals surface area contributed by atoms with Crippen LogP contribution in [0, 0.1) is 5.82 Å². The third-order valence-electron chi connectivity index (χ3n) is 2.22. The van der Waals surface area contributed by atoms with Gasteiger partial charge in [-0.1, -0.05) is 11.6 Å². The lowest BCUT2D eigenvalue weighted by atomic mass is 10.0. The summed E-state index contributed by atoms with van der Waals surface area (Å²) in [5.74, 6) is -0.431. The Labute approximate surface area is 97.1 Å². The highest BCUT2D eigenvalue weighted by Gasteiger charge is 2.09. The first-order chi connectivity index (χ1) is 7.72. The van der Waals surface area contributed by atoms with Crippen molar-refractivity contribution in [2.75, 3.05) is 0 Å². The van der Waals surface area contributed by atoms with Crippen LogP contribution in [0.2, 0.25) is 5.15 Å². The fourth-order valence-electron chi connectivity index (χ4n) is 1.46. The van der Waals surface area contributed by atoms with Crippen LogP contribution in [0.3, 0.4) is 0 Å². The molecule has 3 nitrogen and oxygen atoms in total. The van der Waals surface area contributed by atoms with Gasteiger partial charge in [0.05, 0.1) is 6.20 Å². The molecule has 0 spiro atoms. The second-order valence-electron chi connectivity index (χ2n) is 3.23. The van der Waals surface area contributed by atoms with Crippen molar-refractivity contribution < 1.29 is 4.39 Å². The molecule has 82 valence electrons. The summed E-state index contributed by atoms with van der Waals surface area (Å²) >= 11 is 5.92. The molecule has 2 aromatic heterocycles. The maximum atomic E-state index is 13.1. The van der Waals surface area contributed by atoms with E-state index < -0.39 is 5.82 Å². The van der Waals surface area contributed by atoms with Crippen LogP contribution in [0.15, 0.2) is 30.7 Å². The fourth-order valence-corrected chi connectivity index (χ4v) is 1.67. The number of aromatic nitrogens is 2. The third kappa shape index (κ3) is 2.03. The molecule has 0 aliphatic heterocycles. The minimum absolute atomic E-state index is 0.252. The quantitative estimate of drug-likeness (QED) is 0.816. The molecule has 2 rings (SSSR count). The summed E-state index contributed by atoms with van der Waals surface area (Å²) < 4.78 is 13.1. The number of nitrogens with zero attached hydrogens (tertiary/aromatic N) is 2. The molecular weight excluding hydrogens is 229 g/mol. The van der Waals surface area contributed by atoms with Crippen LogP contribution in [0.5, 0.6) is 0 Å². The van der Waals surface area contributed by atoms with E-state index >= 15 is 0 Å². The maximum absolute atomic E-state index is 13.1. The highest BCUT2D eigenvalue weighted by Crippen LogP contribution is 2.28. The second-order valence-corrected chi connectivity index (χ2v) is 3.59. The van der Waals surface area contributed by atoms with Crippen molar-refractivity contribution in [1.82, 2.24) is 9.97 Å². The number of pyridine rings is 2. The van der Waals surface area contributed by atoms with Crippen molar-refractivity contribution in [2.45, 2.75) is 6.54 Å². The zero-order valence-electron chi connectivity index (χ0n) is 8.32. The molecule has 0 saturated carbocycles. The van der Waals surface area contributed by atoms with Crippen LogP contribution < -0.4 is 5.73 Å². The summed E-state index contributed by atoms with van der Waals surface area (Å²) in [5.41, 5.74) is 7.67. The Bertz CT molecular complexity index is 516. The van der Waals surface area contributed by atoms with E-state index in [2.05, 4.69) is 9.97 Å². The van der Waals surface area contributed by atoms with Gasteiger partial charge in [-0.25, -0.2) is 9.37 Å². The predicted octanol–water partition coefficient (Wildman–Crippen LogP) is 2.39. The topological polar surface area (TPSA) is 51.8 Å². The van der Waals surface area contributed by atoms with Crippen molar-refractivity contribution in [3.63, 3.8) is 0 Å². The van der Waals surface area contributed by atoms with Gasteiger partial charge >= 0.3 is 0 Å². The number of rotatable bonds is 2. The Morgan fingerprint density at radius 3 is 2.88 bits per heavy atom. The first-order valence-corrected chi connectivity index (χ1v) is 5.04. The monoisotopic (exact) mass is 237 g/mol. The number of halogens is 2. The van der Waals surface area contributed by atoms with Gasteiger partial charge in [0.2, 0.25) is 0 Å². The maximum Gasteiger partial charge on any atom is 0.142 e. The van der Waals surface area contributed by atoms with E-state index in [4.69, 9.17) is 17.3 Å². The largest absolute Gasteiger partial charge is 0.326 e. The van der Waals surface area contributed by atoms with Crippen molar-refractivity contribution >= 4 is 11.6 Å². The molecule has 0 atom stereocenters. The van der Waals surface area contributed by atoms with Crippen molar-refractivity contribution in [2.24, 2.45) is 5.73 Å². The molecule has 0 aliphatic carbocycles. The van der Waals surface area contributed by atoms with E-state index in [9.17, 15) is 4.39 Å². The molecule has 5 heteroatoms. The van der Waals surface area contributed by atoms with Gasteiger partial charge in [-0.15, -0.1) is 0 Å². The van der Waals surface area contributed by atoms with E-state index in [1.165, 1.54) is 6.07 Å². The van der Waals surface area contributed by atoms with E-state index in [1.807, 2.05) is 0 Å². The molecule has 0 aliphatic rings. The summed E-state index contributed by atoms with van der Waals surface area (Å²) in [6, 6.07) is 3.08. The Balaban J connectivity index is 2.62. The van der Waals surface area contributed by atoms with Gasteiger partial charge in [-0.05, 0) is 23.3 Å². The average Bonchev–Trinajstić information content (AvgIpc) is 2.32. The second kappa shape index (κ2) is 4.55. The first-order valence-electron chi connectivity index (χ1n) is 4.66. The lowest BCUT2D eigenvalue weighted by molar-refractivity contribution is 0.622. The molecule has 2 heterocycles. The highest BCUT2D eigenvalue weighted by atomic mass is 35.5. The van der Waals surface area contributed by atoms with E-state index in [0.29, 0.717) is 12.1 Å². The van der Waals surface area contributed by atoms with Crippen molar-refractivity contribution in [1.29, 1.82) is 0 Å². The molecule has 16 heavy (non-hydrogen) atoms. The third-order valence-corrected chi connectivity index (χ3v) is 2.52. The van der Waals surface area contributed by atoms with Gasteiger partial charge in [-0.2, -0.15) is 0 Å². The highest BCUT2D eigenvalue weighted by molar-refractivity contribution is 6.32. The minimum Gasteiger partial charge on any atom is -0.326 e. The summed E-state index contributed by atoms with van der Waals surface area (Å²) in [7, 11) is 0. The number of hydrogen-bond acceptors (Lipinski definition) is 3.